The van der Waals surface area contributed by atoms with Crippen molar-refractivity contribution >= 4 is 34.1 Å². The van der Waals surface area contributed by atoms with Gasteiger partial charge in [0, 0.05) is 23.9 Å². The number of esters is 1. The van der Waals surface area contributed by atoms with Crippen LogP contribution in [-0.4, -0.2) is 27.3 Å². The van der Waals surface area contributed by atoms with Crippen molar-refractivity contribution in [3.05, 3.63) is 45.8 Å². The van der Waals surface area contributed by atoms with E-state index in [0.29, 0.717) is 31.9 Å². The molecule has 3 rings (SSSR count). The van der Waals surface area contributed by atoms with E-state index in [-0.39, 0.29) is 6.61 Å². The standard InChI is InChI=1S/C19H19N5O2S2/c1-4-26-18(25)15-14(13(9-20)16(21)28-15)10-27-19-23-22-17(24(19)3)12-7-5-11(2)6-8-12/h5-8H,4,10,21H2,1-3H3. The first kappa shape index (κ1) is 19.9. The average Bonchev–Trinajstić information content (AvgIpc) is 3.20. The molecule has 0 saturated carbocycles. The average molecular weight is 414 g/mol. The molecule has 0 saturated heterocycles. The Morgan fingerprint density at radius 2 is 2.07 bits per heavy atom. The molecule has 0 aliphatic rings. The molecule has 144 valence electrons. The van der Waals surface area contributed by atoms with Crippen LogP contribution in [0.5, 0.6) is 0 Å². The highest BCUT2D eigenvalue weighted by Crippen LogP contribution is 2.35. The van der Waals surface area contributed by atoms with Gasteiger partial charge < -0.3 is 15.0 Å². The first-order valence-corrected chi connectivity index (χ1v) is 10.3. The summed E-state index contributed by atoms with van der Waals surface area (Å²) in [5.74, 6) is 0.651. The Bertz CT molecular complexity index is 1050. The highest BCUT2D eigenvalue weighted by Gasteiger charge is 2.23. The topological polar surface area (TPSA) is 107 Å². The van der Waals surface area contributed by atoms with Crippen LogP contribution in [0.25, 0.3) is 11.4 Å². The van der Waals surface area contributed by atoms with Crippen LogP contribution in [0.2, 0.25) is 0 Å². The fourth-order valence-electron chi connectivity index (χ4n) is 2.64. The van der Waals surface area contributed by atoms with E-state index in [1.54, 1.807) is 6.92 Å². The first-order chi connectivity index (χ1) is 13.5. The Labute approximate surface area is 171 Å². The smallest absolute Gasteiger partial charge is 0.348 e. The third kappa shape index (κ3) is 3.88. The molecule has 0 radical (unpaired) electrons. The third-order valence-electron chi connectivity index (χ3n) is 4.10. The van der Waals surface area contributed by atoms with E-state index < -0.39 is 5.97 Å². The van der Waals surface area contributed by atoms with Gasteiger partial charge in [0.05, 0.1) is 12.2 Å². The van der Waals surface area contributed by atoms with Crippen LogP contribution in [0, 0.1) is 18.3 Å². The monoisotopic (exact) mass is 413 g/mol. The summed E-state index contributed by atoms with van der Waals surface area (Å²) < 4.78 is 6.98. The highest BCUT2D eigenvalue weighted by molar-refractivity contribution is 7.98. The quantitative estimate of drug-likeness (QED) is 0.484. The van der Waals surface area contributed by atoms with Crippen molar-refractivity contribution in [3.63, 3.8) is 0 Å². The summed E-state index contributed by atoms with van der Waals surface area (Å²) >= 11 is 2.47. The molecule has 0 unspecified atom stereocenters. The second-order valence-electron chi connectivity index (χ2n) is 6.00. The molecule has 28 heavy (non-hydrogen) atoms. The van der Waals surface area contributed by atoms with Crippen molar-refractivity contribution in [3.8, 4) is 17.5 Å². The number of aryl methyl sites for hydroxylation is 1. The summed E-state index contributed by atoms with van der Waals surface area (Å²) in [5.41, 5.74) is 8.96. The molecule has 0 aliphatic carbocycles. The summed E-state index contributed by atoms with van der Waals surface area (Å²) in [6.45, 7) is 4.02. The van der Waals surface area contributed by atoms with E-state index in [9.17, 15) is 10.1 Å². The number of benzene rings is 1. The SMILES string of the molecule is CCOC(=O)c1sc(N)c(C#N)c1CSc1nnc(-c2ccc(C)cc2)n1C. The van der Waals surface area contributed by atoms with E-state index >= 15 is 0 Å². The van der Waals surface area contributed by atoms with Crippen LogP contribution >= 0.6 is 23.1 Å². The summed E-state index contributed by atoms with van der Waals surface area (Å²) in [7, 11) is 1.89. The molecule has 0 amide bonds. The molecule has 2 N–H and O–H groups in total. The van der Waals surface area contributed by atoms with Crippen molar-refractivity contribution in [2.75, 3.05) is 12.3 Å². The van der Waals surface area contributed by atoms with Gasteiger partial charge in [-0.05, 0) is 13.8 Å². The molecule has 1 aromatic carbocycles. The molecular formula is C19H19N5O2S2. The molecule has 9 heteroatoms. The lowest BCUT2D eigenvalue weighted by Crippen LogP contribution is -2.05. The van der Waals surface area contributed by atoms with Gasteiger partial charge in [-0.2, -0.15) is 5.26 Å². The summed E-state index contributed by atoms with van der Waals surface area (Å²) in [4.78, 5) is 12.6. The molecular weight excluding hydrogens is 394 g/mol. The largest absolute Gasteiger partial charge is 0.462 e. The number of nitrogen functional groups attached to an aromatic ring is 1. The zero-order valence-corrected chi connectivity index (χ0v) is 17.4. The molecule has 0 spiro atoms. The fraction of sp³-hybridized carbons (Fsp3) is 0.263. The molecule has 2 aromatic heterocycles. The number of aromatic nitrogens is 3. The number of rotatable bonds is 6. The second kappa shape index (κ2) is 8.46. The molecule has 7 nitrogen and oxygen atoms in total. The predicted octanol–water partition coefficient (Wildman–Crippen LogP) is 3.77. The predicted molar refractivity (Wildman–Crippen MR) is 110 cm³/mol. The molecule has 0 bridgehead atoms. The summed E-state index contributed by atoms with van der Waals surface area (Å²) in [6, 6.07) is 10.1. The number of thioether (sulfide) groups is 1. The minimum Gasteiger partial charge on any atom is -0.462 e. The number of thiophene rings is 1. The lowest BCUT2D eigenvalue weighted by atomic mass is 10.1. The van der Waals surface area contributed by atoms with Gasteiger partial charge in [0.25, 0.3) is 0 Å². The Balaban J connectivity index is 1.86. The van der Waals surface area contributed by atoms with Crippen molar-refractivity contribution in [1.29, 1.82) is 5.26 Å². The van der Waals surface area contributed by atoms with Gasteiger partial charge in [-0.1, -0.05) is 41.6 Å². The molecule has 2 heterocycles. The van der Waals surface area contributed by atoms with Crippen LogP contribution in [-0.2, 0) is 17.5 Å². The number of nitrogens with two attached hydrogens (primary N) is 1. The van der Waals surface area contributed by atoms with Gasteiger partial charge in [0.1, 0.15) is 15.9 Å². The number of anilines is 1. The van der Waals surface area contributed by atoms with Gasteiger partial charge in [0.15, 0.2) is 11.0 Å². The number of nitrogens with zero attached hydrogens (tertiary/aromatic N) is 4. The van der Waals surface area contributed by atoms with Crippen molar-refractivity contribution < 1.29 is 9.53 Å². The Hall–Kier alpha value is -2.83. The Kier molecular flexibility index (Phi) is 6.02. The van der Waals surface area contributed by atoms with Crippen LogP contribution < -0.4 is 5.73 Å². The Morgan fingerprint density at radius 1 is 1.36 bits per heavy atom. The van der Waals surface area contributed by atoms with E-state index in [4.69, 9.17) is 10.5 Å². The number of hydrogen-bond donors (Lipinski definition) is 1. The van der Waals surface area contributed by atoms with E-state index in [1.807, 2.05) is 42.8 Å². The van der Waals surface area contributed by atoms with Crippen molar-refractivity contribution in [1.82, 2.24) is 14.8 Å². The maximum atomic E-state index is 12.2. The molecule has 3 aromatic rings. The Morgan fingerprint density at radius 3 is 2.71 bits per heavy atom. The van der Waals surface area contributed by atoms with Crippen LogP contribution in [0.4, 0.5) is 5.00 Å². The molecule has 0 atom stereocenters. The van der Waals surface area contributed by atoms with Gasteiger partial charge in [0.2, 0.25) is 0 Å². The number of carbonyl (C=O) groups excluding carboxylic acids is 1. The zero-order valence-electron chi connectivity index (χ0n) is 15.7. The van der Waals surface area contributed by atoms with E-state index in [0.717, 1.165) is 22.7 Å². The third-order valence-corrected chi connectivity index (χ3v) is 6.19. The highest BCUT2D eigenvalue weighted by atomic mass is 32.2. The van der Waals surface area contributed by atoms with Gasteiger partial charge in [-0.25, -0.2) is 4.79 Å². The minimum absolute atomic E-state index is 0.258. The molecule has 0 fully saturated rings. The van der Waals surface area contributed by atoms with Crippen molar-refractivity contribution in [2.24, 2.45) is 7.05 Å². The lowest BCUT2D eigenvalue weighted by Gasteiger charge is -2.06. The maximum Gasteiger partial charge on any atom is 0.348 e. The fourth-order valence-corrected chi connectivity index (χ4v) is 4.60. The number of ether oxygens (including phenoxy) is 1. The second-order valence-corrected chi connectivity index (χ2v) is 8.00. The van der Waals surface area contributed by atoms with Gasteiger partial charge >= 0.3 is 5.97 Å². The number of hydrogen-bond acceptors (Lipinski definition) is 8. The summed E-state index contributed by atoms with van der Waals surface area (Å²) in [5, 5.41) is 19.0. The van der Waals surface area contributed by atoms with Gasteiger partial charge in [-0.3, -0.25) is 0 Å². The van der Waals surface area contributed by atoms with Crippen LogP contribution in [0.15, 0.2) is 29.4 Å². The van der Waals surface area contributed by atoms with E-state index in [1.165, 1.54) is 17.3 Å². The summed E-state index contributed by atoms with van der Waals surface area (Å²) in [6.07, 6.45) is 0. The minimum atomic E-state index is -0.463. The maximum absolute atomic E-state index is 12.2. The number of nitriles is 1. The van der Waals surface area contributed by atoms with Gasteiger partial charge in [-0.15, -0.1) is 21.5 Å². The lowest BCUT2D eigenvalue weighted by molar-refractivity contribution is 0.0531. The van der Waals surface area contributed by atoms with Crippen LogP contribution in [0.3, 0.4) is 0 Å². The molecule has 0 aliphatic heterocycles. The number of carbonyl (C=O) groups is 1. The zero-order chi connectivity index (χ0) is 20.3. The van der Waals surface area contributed by atoms with E-state index in [2.05, 4.69) is 16.3 Å². The van der Waals surface area contributed by atoms with Crippen LogP contribution in [0.1, 0.15) is 33.3 Å². The van der Waals surface area contributed by atoms with Crippen molar-refractivity contribution in [2.45, 2.75) is 24.8 Å². The normalized spacial score (nSPS) is 10.6. The first-order valence-electron chi connectivity index (χ1n) is 8.53.